The van der Waals surface area contributed by atoms with Crippen LogP contribution in [0.25, 0.3) is 0 Å². The molecule has 0 amide bonds. The second-order valence-corrected chi connectivity index (χ2v) is 5.15. The molecule has 0 aliphatic carbocycles. The highest BCUT2D eigenvalue weighted by Gasteiger charge is 2.07. The first kappa shape index (κ1) is 14.7. The summed E-state index contributed by atoms with van der Waals surface area (Å²) in [7, 11) is 1.96. The van der Waals surface area contributed by atoms with Crippen molar-refractivity contribution in [1.29, 1.82) is 0 Å². The normalized spacial score (nSPS) is 9.48. The number of rotatable bonds is 0. The molecule has 0 spiro atoms. The Morgan fingerprint density at radius 2 is 1.26 bits per heavy atom. The summed E-state index contributed by atoms with van der Waals surface area (Å²) in [6.45, 7) is 1.96. The Hall–Kier alpha value is -3.23. The first-order valence-electron chi connectivity index (χ1n) is 7.41. The van der Waals surface area contributed by atoms with E-state index in [0.29, 0.717) is 0 Å². The monoisotopic (exact) mass is 296 g/mol. The van der Waals surface area contributed by atoms with Gasteiger partial charge in [0.15, 0.2) is 0 Å². The minimum Gasteiger partial charge on any atom is -0.324 e. The lowest BCUT2D eigenvalue weighted by molar-refractivity contribution is 0.847. The van der Waals surface area contributed by atoms with Gasteiger partial charge in [0.1, 0.15) is 17.2 Å². The molecular formula is C21H16N2. The van der Waals surface area contributed by atoms with E-state index < -0.39 is 0 Å². The molecule has 3 rings (SSSR count). The molecule has 0 aliphatic heterocycles. The summed E-state index contributed by atoms with van der Waals surface area (Å²) >= 11 is 0. The molecule has 0 bridgehead atoms. The van der Waals surface area contributed by atoms with E-state index in [1.807, 2.05) is 79.2 Å². The van der Waals surface area contributed by atoms with Crippen LogP contribution in [-0.4, -0.2) is 9.55 Å². The van der Waals surface area contributed by atoms with E-state index >= 15 is 0 Å². The van der Waals surface area contributed by atoms with Gasteiger partial charge in [-0.05, 0) is 43.0 Å². The fraction of sp³-hybridized carbons (Fsp3) is 0.0952. The van der Waals surface area contributed by atoms with Crippen LogP contribution >= 0.6 is 0 Å². The van der Waals surface area contributed by atoms with Crippen LogP contribution in [-0.2, 0) is 7.05 Å². The lowest BCUT2D eigenvalue weighted by atomic mass is 10.2. The van der Waals surface area contributed by atoms with E-state index in [4.69, 9.17) is 0 Å². The van der Waals surface area contributed by atoms with E-state index in [-0.39, 0.29) is 0 Å². The molecule has 0 aliphatic rings. The summed E-state index contributed by atoms with van der Waals surface area (Å²) in [5.41, 5.74) is 3.51. The molecule has 23 heavy (non-hydrogen) atoms. The zero-order valence-corrected chi connectivity index (χ0v) is 13.2. The van der Waals surface area contributed by atoms with Gasteiger partial charge in [-0.25, -0.2) is 4.98 Å². The van der Waals surface area contributed by atoms with Gasteiger partial charge in [0, 0.05) is 18.2 Å². The lowest BCUT2D eigenvalue weighted by Gasteiger charge is -1.95. The van der Waals surface area contributed by atoms with Gasteiger partial charge < -0.3 is 4.57 Å². The standard InChI is InChI=1S/C21H16N2/c1-17-22-20(15-13-18-9-5-3-6-10-18)21(23(17)2)16-14-19-11-7-4-8-12-19/h3-12H,1-2H3. The number of benzene rings is 2. The molecule has 0 saturated heterocycles. The number of aromatic nitrogens is 2. The number of nitrogens with zero attached hydrogens (tertiary/aromatic N) is 2. The van der Waals surface area contributed by atoms with Gasteiger partial charge >= 0.3 is 0 Å². The van der Waals surface area contributed by atoms with Crippen molar-refractivity contribution in [3.8, 4) is 23.7 Å². The maximum absolute atomic E-state index is 4.52. The van der Waals surface area contributed by atoms with Crippen LogP contribution in [0.1, 0.15) is 28.3 Å². The van der Waals surface area contributed by atoms with E-state index in [1.54, 1.807) is 0 Å². The number of imidazole rings is 1. The van der Waals surface area contributed by atoms with Gasteiger partial charge in [0.25, 0.3) is 0 Å². The molecule has 0 unspecified atom stereocenters. The van der Waals surface area contributed by atoms with E-state index in [9.17, 15) is 0 Å². The molecule has 0 fully saturated rings. The van der Waals surface area contributed by atoms with E-state index in [0.717, 1.165) is 28.3 Å². The Morgan fingerprint density at radius 1 is 0.739 bits per heavy atom. The van der Waals surface area contributed by atoms with E-state index in [1.165, 1.54) is 0 Å². The molecule has 2 heteroatoms. The zero-order valence-electron chi connectivity index (χ0n) is 13.2. The average molecular weight is 296 g/mol. The van der Waals surface area contributed by atoms with Crippen LogP contribution in [0.5, 0.6) is 0 Å². The van der Waals surface area contributed by atoms with Crippen molar-refractivity contribution in [2.45, 2.75) is 6.92 Å². The maximum atomic E-state index is 4.52. The molecule has 0 N–H and O–H groups in total. The Labute approximate surface area is 136 Å². The van der Waals surface area contributed by atoms with Gasteiger partial charge in [-0.1, -0.05) is 48.2 Å². The van der Waals surface area contributed by atoms with Gasteiger partial charge in [0.2, 0.25) is 0 Å². The summed E-state index contributed by atoms with van der Waals surface area (Å²) in [4.78, 5) is 4.52. The predicted octanol–water partition coefficient (Wildman–Crippen LogP) is 3.53. The van der Waals surface area contributed by atoms with Crippen LogP contribution in [0.15, 0.2) is 60.7 Å². The molecule has 1 heterocycles. The minimum absolute atomic E-state index is 0.720. The summed E-state index contributed by atoms with van der Waals surface area (Å²) in [5, 5.41) is 0. The smallest absolute Gasteiger partial charge is 0.148 e. The first-order valence-corrected chi connectivity index (χ1v) is 7.41. The summed E-state index contributed by atoms with van der Waals surface area (Å²) < 4.78 is 1.98. The molecular weight excluding hydrogens is 280 g/mol. The van der Waals surface area contributed by atoms with Crippen LogP contribution < -0.4 is 0 Å². The quantitative estimate of drug-likeness (QED) is 0.580. The first-order chi connectivity index (χ1) is 11.2. The third-order valence-electron chi connectivity index (χ3n) is 3.52. The fourth-order valence-corrected chi connectivity index (χ4v) is 2.15. The lowest BCUT2D eigenvalue weighted by Crippen LogP contribution is -1.95. The highest BCUT2D eigenvalue weighted by atomic mass is 15.1. The minimum atomic E-state index is 0.720. The van der Waals surface area contributed by atoms with Crippen molar-refractivity contribution >= 4 is 0 Å². The Balaban J connectivity index is 1.99. The van der Waals surface area contributed by atoms with Gasteiger partial charge in [-0.3, -0.25) is 0 Å². The topological polar surface area (TPSA) is 17.8 Å². The summed E-state index contributed by atoms with van der Waals surface area (Å²) in [6, 6.07) is 19.8. The van der Waals surface area contributed by atoms with Crippen molar-refractivity contribution in [3.63, 3.8) is 0 Å². The molecule has 0 atom stereocenters. The Morgan fingerprint density at radius 3 is 1.83 bits per heavy atom. The highest BCUT2D eigenvalue weighted by molar-refractivity contribution is 5.50. The molecule has 2 nitrogen and oxygen atoms in total. The van der Waals surface area contributed by atoms with Crippen LogP contribution in [0, 0.1) is 30.6 Å². The Bertz CT molecular complexity index is 928. The summed E-state index contributed by atoms with van der Waals surface area (Å²) in [6.07, 6.45) is 0. The molecule has 3 aromatic rings. The average Bonchev–Trinajstić information content (AvgIpc) is 2.87. The van der Waals surface area contributed by atoms with Crippen LogP contribution in [0.2, 0.25) is 0 Å². The molecule has 0 saturated carbocycles. The van der Waals surface area contributed by atoms with Gasteiger partial charge in [0.05, 0.1) is 0 Å². The maximum Gasteiger partial charge on any atom is 0.148 e. The van der Waals surface area contributed by atoms with Crippen molar-refractivity contribution in [2.24, 2.45) is 7.05 Å². The fourth-order valence-electron chi connectivity index (χ4n) is 2.15. The van der Waals surface area contributed by atoms with Crippen LogP contribution in [0.4, 0.5) is 0 Å². The zero-order chi connectivity index (χ0) is 16.1. The van der Waals surface area contributed by atoms with Crippen molar-refractivity contribution < 1.29 is 0 Å². The highest BCUT2D eigenvalue weighted by Crippen LogP contribution is 2.09. The predicted molar refractivity (Wildman–Crippen MR) is 92.8 cm³/mol. The third kappa shape index (κ3) is 3.51. The van der Waals surface area contributed by atoms with Crippen molar-refractivity contribution in [2.75, 3.05) is 0 Å². The second kappa shape index (κ2) is 6.69. The molecule has 1 aromatic heterocycles. The molecule has 2 aromatic carbocycles. The van der Waals surface area contributed by atoms with Crippen LogP contribution in [0.3, 0.4) is 0 Å². The third-order valence-corrected chi connectivity index (χ3v) is 3.52. The van der Waals surface area contributed by atoms with Crippen molar-refractivity contribution in [3.05, 3.63) is 89.0 Å². The molecule has 0 radical (unpaired) electrons. The van der Waals surface area contributed by atoms with Gasteiger partial charge in [-0.2, -0.15) is 0 Å². The molecule has 110 valence electrons. The number of hydrogen-bond donors (Lipinski definition) is 0. The summed E-state index contributed by atoms with van der Waals surface area (Å²) in [5.74, 6) is 13.6. The SMILES string of the molecule is Cc1nc(C#Cc2ccccc2)c(C#Cc2ccccc2)n1C. The van der Waals surface area contributed by atoms with Crippen molar-refractivity contribution in [1.82, 2.24) is 9.55 Å². The van der Waals surface area contributed by atoms with E-state index in [2.05, 4.69) is 28.7 Å². The largest absolute Gasteiger partial charge is 0.324 e. The number of aryl methyl sites for hydroxylation is 1. The van der Waals surface area contributed by atoms with Gasteiger partial charge in [-0.15, -0.1) is 0 Å². The second-order valence-electron chi connectivity index (χ2n) is 5.15. The number of hydrogen-bond acceptors (Lipinski definition) is 1. The Kier molecular flexibility index (Phi) is 4.27.